The maximum Gasteiger partial charge on any atom is 0.227 e. The highest BCUT2D eigenvalue weighted by Gasteiger charge is 2.28. The van der Waals surface area contributed by atoms with E-state index in [1.54, 1.807) is 25.1 Å². The highest BCUT2D eigenvalue weighted by molar-refractivity contribution is 7.98. The highest BCUT2D eigenvalue weighted by atomic mass is 32.2. The molecule has 5 rings (SSSR count). The predicted octanol–water partition coefficient (Wildman–Crippen LogP) is 6.09. The zero-order valence-electron chi connectivity index (χ0n) is 24.9. The number of nitrogens with one attached hydrogen (secondary N) is 2. The number of rotatable bonds is 12. The van der Waals surface area contributed by atoms with E-state index in [9.17, 15) is 4.79 Å². The molecule has 2 aromatic heterocycles. The van der Waals surface area contributed by atoms with Crippen molar-refractivity contribution in [3.8, 4) is 17.0 Å². The van der Waals surface area contributed by atoms with Gasteiger partial charge in [0.05, 0.1) is 29.9 Å². The number of likely N-dealkylation sites (N-methyl/N-ethyl adjacent to an activating group) is 2. The number of aryl methyl sites for hydroxylation is 2. The molecule has 4 aromatic rings. The van der Waals surface area contributed by atoms with Gasteiger partial charge in [0, 0.05) is 66.0 Å². The van der Waals surface area contributed by atoms with Crippen LogP contribution in [-0.2, 0) is 4.79 Å². The van der Waals surface area contributed by atoms with Crippen molar-refractivity contribution in [2.45, 2.75) is 37.6 Å². The van der Waals surface area contributed by atoms with Crippen molar-refractivity contribution in [1.29, 1.82) is 0 Å². The van der Waals surface area contributed by atoms with Gasteiger partial charge in [-0.2, -0.15) is 0 Å². The van der Waals surface area contributed by atoms with Crippen molar-refractivity contribution < 1.29 is 9.53 Å². The molecule has 10 heteroatoms. The Morgan fingerprint density at radius 2 is 1.93 bits per heavy atom. The molecule has 1 aliphatic rings. The van der Waals surface area contributed by atoms with Gasteiger partial charge in [0.1, 0.15) is 5.75 Å². The van der Waals surface area contributed by atoms with E-state index in [4.69, 9.17) is 9.72 Å². The molecular weight excluding hydrogens is 534 g/mol. The minimum Gasteiger partial charge on any atom is -0.494 e. The maximum absolute atomic E-state index is 11.5. The minimum absolute atomic E-state index is 0.453. The molecule has 0 unspecified atom stereocenters. The topological polar surface area (TPSA) is 87.5 Å². The third-order valence-corrected chi connectivity index (χ3v) is 8.68. The Morgan fingerprint density at radius 3 is 2.59 bits per heavy atom. The van der Waals surface area contributed by atoms with E-state index in [2.05, 4.69) is 62.4 Å². The summed E-state index contributed by atoms with van der Waals surface area (Å²) in [4.78, 5) is 26.5. The summed E-state index contributed by atoms with van der Waals surface area (Å²) in [6.45, 7) is 6.06. The molecule has 1 saturated carbocycles. The summed E-state index contributed by atoms with van der Waals surface area (Å²) >= 11 is 1.79. The van der Waals surface area contributed by atoms with Crippen LogP contribution in [0.1, 0.15) is 30.0 Å². The van der Waals surface area contributed by atoms with Crippen LogP contribution in [0.2, 0.25) is 0 Å². The van der Waals surface area contributed by atoms with Gasteiger partial charge >= 0.3 is 0 Å². The van der Waals surface area contributed by atoms with Gasteiger partial charge in [-0.25, -0.2) is 9.97 Å². The second-order valence-electron chi connectivity index (χ2n) is 10.9. The van der Waals surface area contributed by atoms with Gasteiger partial charge in [0.25, 0.3) is 0 Å². The first kappa shape index (κ1) is 28.8. The fourth-order valence-electron chi connectivity index (χ4n) is 5.41. The number of ether oxygens (including phenoxy) is 1. The Bertz CT molecular complexity index is 1580. The van der Waals surface area contributed by atoms with Gasteiger partial charge in [-0.15, -0.1) is 11.8 Å². The fourth-order valence-corrected chi connectivity index (χ4v) is 6.20. The summed E-state index contributed by atoms with van der Waals surface area (Å²) in [7, 11) is 7.70. The Hall–Kier alpha value is -3.76. The molecule has 1 fully saturated rings. The van der Waals surface area contributed by atoms with Crippen molar-refractivity contribution in [2.24, 2.45) is 0 Å². The molecule has 0 spiro atoms. The minimum atomic E-state index is 0.453. The first-order valence-electron chi connectivity index (χ1n) is 13.8. The van der Waals surface area contributed by atoms with E-state index in [0.29, 0.717) is 35.5 Å². The number of thioether (sulfide) groups is 1. The smallest absolute Gasteiger partial charge is 0.227 e. The number of carbonyl (C=O) groups excluding carboxylic acids is 1. The molecule has 2 heterocycles. The van der Waals surface area contributed by atoms with Crippen molar-refractivity contribution >= 4 is 52.1 Å². The second-order valence-corrected chi connectivity index (χ2v) is 11.7. The highest BCUT2D eigenvalue weighted by Crippen LogP contribution is 2.44. The zero-order valence-corrected chi connectivity index (χ0v) is 25.7. The molecule has 41 heavy (non-hydrogen) atoms. The molecule has 9 nitrogen and oxygen atoms in total. The molecule has 0 saturated heterocycles. The van der Waals surface area contributed by atoms with Crippen LogP contribution >= 0.6 is 11.8 Å². The number of nitrogens with zero attached hydrogens (tertiary/aromatic N) is 5. The third-order valence-electron chi connectivity index (χ3n) is 7.65. The van der Waals surface area contributed by atoms with Gasteiger partial charge in [-0.1, -0.05) is 0 Å². The summed E-state index contributed by atoms with van der Waals surface area (Å²) in [6.07, 6.45) is 9.28. The Morgan fingerprint density at radius 1 is 1.15 bits per heavy atom. The van der Waals surface area contributed by atoms with Crippen LogP contribution in [0.15, 0.2) is 41.6 Å². The van der Waals surface area contributed by atoms with Crippen molar-refractivity contribution in [3.63, 3.8) is 0 Å². The quantitative estimate of drug-likeness (QED) is 0.156. The van der Waals surface area contributed by atoms with Crippen LogP contribution in [0, 0.1) is 13.8 Å². The summed E-state index contributed by atoms with van der Waals surface area (Å²) in [5.74, 6) is 1.08. The standard InChI is InChI=1S/C31H39N7O2S/c1-19-14-27-29(20(2)30(19)41-7)22(17-38(27)21-8-9-21)23-10-11-32-31(34-23)35-25-15-24(33-18-39)26(16-28(25)40-6)37(5)13-12-36(3)4/h10-11,14-18,21H,8-9,12-13H2,1-7H3,(H,33,39)(H,32,34,35). The lowest BCUT2D eigenvalue weighted by Crippen LogP contribution is -2.29. The number of anilines is 4. The summed E-state index contributed by atoms with van der Waals surface area (Å²) in [6, 6.07) is 8.62. The van der Waals surface area contributed by atoms with Crippen molar-refractivity contribution in [2.75, 3.05) is 63.1 Å². The molecule has 2 aromatic carbocycles. The van der Waals surface area contributed by atoms with E-state index in [-0.39, 0.29) is 0 Å². The SMILES string of the molecule is COc1cc(N(C)CCN(C)C)c(NC=O)cc1Nc1nccc(-c2cn(C3CC3)c3cc(C)c(SC)c(C)c23)n1. The van der Waals surface area contributed by atoms with Gasteiger partial charge < -0.3 is 29.7 Å². The van der Waals surface area contributed by atoms with E-state index in [0.717, 1.165) is 30.0 Å². The first-order valence-corrected chi connectivity index (χ1v) is 15.0. The predicted molar refractivity (Wildman–Crippen MR) is 170 cm³/mol. The maximum atomic E-state index is 11.5. The van der Waals surface area contributed by atoms with E-state index < -0.39 is 0 Å². The molecule has 0 aliphatic heterocycles. The van der Waals surface area contributed by atoms with E-state index in [1.165, 1.54) is 39.8 Å². The van der Waals surface area contributed by atoms with E-state index in [1.807, 2.05) is 39.3 Å². The van der Waals surface area contributed by atoms with Gasteiger partial charge in [0.2, 0.25) is 12.4 Å². The average Bonchev–Trinajstić information content (AvgIpc) is 3.72. The molecule has 0 atom stereocenters. The molecule has 1 amide bonds. The number of methoxy groups -OCH3 is 1. The summed E-state index contributed by atoms with van der Waals surface area (Å²) < 4.78 is 8.18. The van der Waals surface area contributed by atoms with Crippen LogP contribution < -0.4 is 20.3 Å². The average molecular weight is 574 g/mol. The summed E-state index contributed by atoms with van der Waals surface area (Å²) in [5, 5.41) is 7.43. The number of aromatic nitrogens is 3. The third kappa shape index (κ3) is 5.85. The van der Waals surface area contributed by atoms with Gasteiger partial charge in [-0.05, 0) is 76.4 Å². The Labute approximate surface area is 246 Å². The second kappa shape index (κ2) is 12.0. The number of fused-ring (bicyclic) bond motifs is 1. The molecule has 2 N–H and O–H groups in total. The lowest BCUT2D eigenvalue weighted by Gasteiger charge is -2.25. The Kier molecular flexibility index (Phi) is 8.42. The molecule has 1 aliphatic carbocycles. The largest absolute Gasteiger partial charge is 0.494 e. The monoisotopic (exact) mass is 573 g/mol. The Balaban J connectivity index is 1.54. The van der Waals surface area contributed by atoms with Gasteiger partial charge in [0.15, 0.2) is 0 Å². The molecule has 216 valence electrons. The number of hydrogen-bond donors (Lipinski definition) is 2. The van der Waals surface area contributed by atoms with Crippen molar-refractivity contribution in [3.05, 3.63) is 47.8 Å². The first-order chi connectivity index (χ1) is 19.7. The van der Waals surface area contributed by atoms with Crippen LogP contribution in [0.3, 0.4) is 0 Å². The van der Waals surface area contributed by atoms with Crippen molar-refractivity contribution in [1.82, 2.24) is 19.4 Å². The lowest BCUT2D eigenvalue weighted by molar-refractivity contribution is -0.105. The van der Waals surface area contributed by atoms with Crippen LogP contribution in [0.5, 0.6) is 5.75 Å². The van der Waals surface area contributed by atoms with Crippen LogP contribution in [0.25, 0.3) is 22.2 Å². The van der Waals surface area contributed by atoms with Crippen LogP contribution in [-0.4, -0.2) is 73.4 Å². The van der Waals surface area contributed by atoms with E-state index >= 15 is 0 Å². The fraction of sp³-hybridized carbons (Fsp3) is 0.387. The lowest BCUT2D eigenvalue weighted by atomic mass is 10.0. The molecular formula is C31H39N7O2S. The van der Waals surface area contributed by atoms with Crippen LogP contribution in [0.4, 0.5) is 23.0 Å². The number of amides is 1. The summed E-state index contributed by atoms with van der Waals surface area (Å²) in [5.41, 5.74) is 8.02. The molecule has 0 radical (unpaired) electrons. The number of carbonyl (C=O) groups is 1. The zero-order chi connectivity index (χ0) is 29.3. The normalized spacial score (nSPS) is 13.1. The number of benzene rings is 2. The van der Waals surface area contributed by atoms with Gasteiger partial charge in [-0.3, -0.25) is 4.79 Å². The number of hydrogen-bond acceptors (Lipinski definition) is 8. The molecule has 0 bridgehead atoms.